The predicted molar refractivity (Wildman–Crippen MR) is 152 cm³/mol. The predicted octanol–water partition coefficient (Wildman–Crippen LogP) is 6.74. The molecule has 4 aromatic rings. The van der Waals surface area contributed by atoms with E-state index in [9.17, 15) is 18.0 Å². The smallest absolute Gasteiger partial charge is 0.363 e. The molecule has 0 bridgehead atoms. The number of aromatic nitrogens is 2. The third-order valence-electron chi connectivity index (χ3n) is 7.88. The Balaban J connectivity index is 1.20. The molecule has 1 N–H and O–H groups in total. The molecule has 6 rings (SSSR count). The number of anilines is 1. The molecule has 212 valence electrons. The van der Waals surface area contributed by atoms with Crippen LogP contribution in [0.5, 0.6) is 0 Å². The molecule has 10 heteroatoms. The Hall–Kier alpha value is -3.82. The van der Waals surface area contributed by atoms with Gasteiger partial charge in [-0.05, 0) is 28.8 Å². The number of alkyl halides is 3. The molecule has 41 heavy (non-hydrogen) atoms. The van der Waals surface area contributed by atoms with Gasteiger partial charge in [0.05, 0.1) is 12.1 Å². The zero-order valence-corrected chi connectivity index (χ0v) is 22.9. The Morgan fingerprint density at radius 2 is 1.46 bits per heavy atom. The van der Waals surface area contributed by atoms with Crippen molar-refractivity contribution in [2.75, 3.05) is 31.5 Å². The SMILES string of the molecule is O=C(c1cc2n(n1)[C@@H](C(F)(F)F)C[C@@H](c1ccc(Cl)cc1)N2)N1CCN(C(c2ccccc2)c2ccccc2)CC1. The van der Waals surface area contributed by atoms with E-state index in [1.165, 1.54) is 17.2 Å². The lowest BCUT2D eigenvalue weighted by atomic mass is 9.96. The number of nitrogens with one attached hydrogen (secondary N) is 1. The molecule has 1 fully saturated rings. The Morgan fingerprint density at radius 3 is 2.02 bits per heavy atom. The first-order valence-corrected chi connectivity index (χ1v) is 14.0. The standard InChI is InChI=1S/C31H29ClF3N5O/c32-24-13-11-21(12-14-24)25-19-27(31(33,34)35)40-28(36-25)20-26(37-40)30(41)39-17-15-38(16-18-39)29(22-7-3-1-4-8-22)23-9-5-2-6-10-23/h1-14,20,25,27,29,36H,15-19H2/t25-,27+/m0/s1. The second-order valence-electron chi connectivity index (χ2n) is 10.5. The second kappa shape index (κ2) is 11.2. The van der Waals surface area contributed by atoms with Crippen molar-refractivity contribution in [1.29, 1.82) is 0 Å². The van der Waals surface area contributed by atoms with Crippen LogP contribution in [-0.2, 0) is 0 Å². The molecule has 6 nitrogen and oxygen atoms in total. The quantitative estimate of drug-likeness (QED) is 0.284. The van der Waals surface area contributed by atoms with E-state index in [-0.39, 0.29) is 29.9 Å². The lowest BCUT2D eigenvalue weighted by Crippen LogP contribution is -2.50. The van der Waals surface area contributed by atoms with Crippen LogP contribution in [0, 0.1) is 0 Å². The van der Waals surface area contributed by atoms with Crippen LogP contribution in [0.1, 0.15) is 51.7 Å². The molecule has 1 aromatic heterocycles. The summed E-state index contributed by atoms with van der Waals surface area (Å²) in [6.45, 7) is 2.13. The van der Waals surface area contributed by atoms with Gasteiger partial charge in [-0.15, -0.1) is 0 Å². The summed E-state index contributed by atoms with van der Waals surface area (Å²) < 4.78 is 43.3. The van der Waals surface area contributed by atoms with Crippen molar-refractivity contribution in [3.63, 3.8) is 0 Å². The minimum atomic E-state index is -4.52. The molecule has 0 unspecified atom stereocenters. The number of rotatable bonds is 5. The van der Waals surface area contributed by atoms with Gasteiger partial charge >= 0.3 is 6.18 Å². The summed E-state index contributed by atoms with van der Waals surface area (Å²) in [6.07, 6.45) is -4.77. The van der Waals surface area contributed by atoms with E-state index in [0.29, 0.717) is 36.8 Å². The van der Waals surface area contributed by atoms with Crippen molar-refractivity contribution in [1.82, 2.24) is 19.6 Å². The Kier molecular flexibility index (Phi) is 7.48. The van der Waals surface area contributed by atoms with Crippen molar-refractivity contribution in [2.24, 2.45) is 0 Å². The summed E-state index contributed by atoms with van der Waals surface area (Å²) in [6, 6.07) is 26.2. The van der Waals surface area contributed by atoms with E-state index in [2.05, 4.69) is 39.6 Å². The van der Waals surface area contributed by atoms with Gasteiger partial charge in [-0.2, -0.15) is 18.3 Å². The number of fused-ring (bicyclic) bond motifs is 1. The first-order valence-electron chi connectivity index (χ1n) is 13.6. The maximum absolute atomic E-state index is 14.1. The van der Waals surface area contributed by atoms with E-state index in [1.54, 1.807) is 29.2 Å². The molecular weight excluding hydrogens is 551 g/mol. The zero-order chi connectivity index (χ0) is 28.6. The molecule has 1 saturated heterocycles. The van der Waals surface area contributed by atoms with Crippen molar-refractivity contribution in [3.05, 3.63) is 118 Å². The second-order valence-corrected chi connectivity index (χ2v) is 10.9. The van der Waals surface area contributed by atoms with Crippen LogP contribution < -0.4 is 5.32 Å². The molecule has 1 amide bonds. The van der Waals surface area contributed by atoms with Gasteiger partial charge in [-0.25, -0.2) is 4.68 Å². The van der Waals surface area contributed by atoms with E-state index in [0.717, 1.165) is 4.68 Å². The minimum Gasteiger partial charge on any atom is -0.363 e. The summed E-state index contributed by atoms with van der Waals surface area (Å²) >= 11 is 5.97. The Bertz CT molecular complexity index is 1450. The van der Waals surface area contributed by atoms with Crippen LogP contribution in [0.4, 0.5) is 19.0 Å². The van der Waals surface area contributed by atoms with E-state index < -0.39 is 18.3 Å². The molecule has 3 heterocycles. The number of benzene rings is 3. The van der Waals surface area contributed by atoms with E-state index in [4.69, 9.17) is 11.6 Å². The number of nitrogens with zero attached hydrogens (tertiary/aromatic N) is 4. The maximum atomic E-state index is 14.1. The van der Waals surface area contributed by atoms with E-state index >= 15 is 0 Å². The number of hydrogen-bond donors (Lipinski definition) is 1. The average molecular weight is 580 g/mol. The van der Waals surface area contributed by atoms with Crippen molar-refractivity contribution < 1.29 is 18.0 Å². The van der Waals surface area contributed by atoms with Crippen molar-refractivity contribution in [3.8, 4) is 0 Å². The number of carbonyl (C=O) groups excluding carboxylic acids is 1. The Morgan fingerprint density at radius 1 is 0.878 bits per heavy atom. The molecule has 0 aliphatic carbocycles. The van der Waals surface area contributed by atoms with Crippen LogP contribution in [0.2, 0.25) is 5.02 Å². The van der Waals surface area contributed by atoms with Gasteiger partial charge in [-0.1, -0.05) is 84.4 Å². The summed E-state index contributed by atoms with van der Waals surface area (Å²) in [7, 11) is 0. The Labute approximate surface area is 241 Å². The average Bonchev–Trinajstić information content (AvgIpc) is 3.42. The van der Waals surface area contributed by atoms with Crippen LogP contribution in [-0.4, -0.2) is 57.8 Å². The lowest BCUT2D eigenvalue weighted by molar-refractivity contribution is -0.173. The third kappa shape index (κ3) is 5.69. The molecule has 0 radical (unpaired) electrons. The van der Waals surface area contributed by atoms with Gasteiger partial charge in [0.1, 0.15) is 5.82 Å². The summed E-state index contributed by atoms with van der Waals surface area (Å²) in [4.78, 5) is 17.5. The molecule has 0 saturated carbocycles. The molecule has 2 aliphatic rings. The fourth-order valence-corrected chi connectivity index (χ4v) is 5.95. The normalized spacial score (nSPS) is 19.6. The number of piperazine rings is 1. The summed E-state index contributed by atoms with van der Waals surface area (Å²) in [5.41, 5.74) is 3.03. The first kappa shape index (κ1) is 27.4. The largest absolute Gasteiger partial charge is 0.410 e. The van der Waals surface area contributed by atoms with Gasteiger partial charge in [0, 0.05) is 43.7 Å². The van der Waals surface area contributed by atoms with Crippen molar-refractivity contribution in [2.45, 2.75) is 30.7 Å². The fourth-order valence-electron chi connectivity index (χ4n) is 5.82. The van der Waals surface area contributed by atoms with Gasteiger partial charge in [-0.3, -0.25) is 9.69 Å². The number of amides is 1. The van der Waals surface area contributed by atoms with Crippen LogP contribution >= 0.6 is 11.6 Å². The maximum Gasteiger partial charge on any atom is 0.410 e. The topological polar surface area (TPSA) is 53.4 Å². The molecule has 2 atom stereocenters. The van der Waals surface area contributed by atoms with Crippen LogP contribution in [0.15, 0.2) is 91.0 Å². The minimum absolute atomic E-state index is 0.00891. The van der Waals surface area contributed by atoms with Gasteiger partial charge in [0.2, 0.25) is 0 Å². The highest BCUT2D eigenvalue weighted by atomic mass is 35.5. The highest BCUT2D eigenvalue weighted by Crippen LogP contribution is 2.44. The molecular formula is C31H29ClF3N5O. The number of hydrogen-bond acceptors (Lipinski definition) is 4. The highest BCUT2D eigenvalue weighted by Gasteiger charge is 2.47. The highest BCUT2D eigenvalue weighted by molar-refractivity contribution is 6.30. The fraction of sp³-hybridized carbons (Fsp3) is 0.290. The molecule has 2 aliphatic heterocycles. The number of halogens is 4. The van der Waals surface area contributed by atoms with Gasteiger partial charge < -0.3 is 10.2 Å². The van der Waals surface area contributed by atoms with Crippen molar-refractivity contribution >= 4 is 23.3 Å². The first-order chi connectivity index (χ1) is 19.8. The lowest BCUT2D eigenvalue weighted by Gasteiger charge is -2.39. The molecule has 3 aromatic carbocycles. The molecule has 0 spiro atoms. The van der Waals surface area contributed by atoms with E-state index in [1.807, 2.05) is 36.4 Å². The summed E-state index contributed by atoms with van der Waals surface area (Å²) in [5.74, 6) is -0.193. The number of carbonyl (C=O) groups is 1. The van der Waals surface area contributed by atoms with Crippen LogP contribution in [0.3, 0.4) is 0 Å². The van der Waals surface area contributed by atoms with Gasteiger partial charge in [0.15, 0.2) is 11.7 Å². The monoisotopic (exact) mass is 579 g/mol. The summed E-state index contributed by atoms with van der Waals surface area (Å²) in [5, 5.41) is 7.83. The third-order valence-corrected chi connectivity index (χ3v) is 8.13. The van der Waals surface area contributed by atoms with Gasteiger partial charge in [0.25, 0.3) is 5.91 Å². The zero-order valence-electron chi connectivity index (χ0n) is 22.1. The van der Waals surface area contributed by atoms with Crippen LogP contribution in [0.25, 0.3) is 0 Å².